The fourth-order valence-electron chi connectivity index (χ4n) is 2.67. The summed E-state index contributed by atoms with van der Waals surface area (Å²) in [7, 11) is 3.96. The zero-order valence-electron chi connectivity index (χ0n) is 14.0. The van der Waals surface area contributed by atoms with E-state index in [9.17, 15) is 5.11 Å². The van der Waals surface area contributed by atoms with Gasteiger partial charge in [0.2, 0.25) is 0 Å². The molecule has 1 rings (SSSR count). The molecule has 3 nitrogen and oxygen atoms in total. The van der Waals surface area contributed by atoms with Crippen LogP contribution in [0.15, 0.2) is 12.1 Å². The summed E-state index contributed by atoms with van der Waals surface area (Å²) in [6.07, 6.45) is 0. The number of hydrogen-bond acceptors (Lipinski definition) is 3. The average Bonchev–Trinajstić information content (AvgIpc) is 2.29. The zero-order chi connectivity index (χ0) is 15.5. The normalized spacial score (nSPS) is 16.2. The summed E-state index contributed by atoms with van der Waals surface area (Å²) in [4.78, 5) is 2.01. The molecule has 2 unspecified atom stereocenters. The quantitative estimate of drug-likeness (QED) is 0.839. The van der Waals surface area contributed by atoms with Gasteiger partial charge in [0.05, 0.1) is 5.60 Å². The second-order valence-electron chi connectivity index (χ2n) is 6.63. The lowest BCUT2D eigenvalue weighted by Crippen LogP contribution is -2.46. The zero-order valence-corrected chi connectivity index (χ0v) is 14.0. The van der Waals surface area contributed by atoms with E-state index in [4.69, 9.17) is 0 Å². The number of benzene rings is 1. The Morgan fingerprint density at radius 3 is 2.25 bits per heavy atom. The Bertz CT molecular complexity index is 453. The van der Waals surface area contributed by atoms with Crippen molar-refractivity contribution in [3.63, 3.8) is 0 Å². The molecule has 2 atom stereocenters. The van der Waals surface area contributed by atoms with Gasteiger partial charge in [0.25, 0.3) is 0 Å². The monoisotopic (exact) mass is 278 g/mol. The summed E-state index contributed by atoms with van der Waals surface area (Å²) in [6.45, 7) is 11.7. The van der Waals surface area contributed by atoms with E-state index in [1.807, 2.05) is 25.9 Å². The van der Waals surface area contributed by atoms with Gasteiger partial charge in [-0.05, 0) is 71.0 Å². The third-order valence-electron chi connectivity index (χ3n) is 3.79. The van der Waals surface area contributed by atoms with Crippen LogP contribution in [-0.2, 0) is 0 Å². The minimum Gasteiger partial charge on any atom is -0.388 e. The van der Waals surface area contributed by atoms with Gasteiger partial charge in [-0.1, -0.05) is 12.1 Å². The van der Waals surface area contributed by atoms with E-state index in [1.165, 1.54) is 22.3 Å². The molecule has 0 amide bonds. The fraction of sp³-hybridized carbons (Fsp3) is 0.647. The van der Waals surface area contributed by atoms with Gasteiger partial charge in [-0.25, -0.2) is 0 Å². The van der Waals surface area contributed by atoms with Gasteiger partial charge in [-0.2, -0.15) is 0 Å². The minimum absolute atomic E-state index is 0.239. The molecule has 0 spiro atoms. The van der Waals surface area contributed by atoms with Crippen LogP contribution in [0, 0.1) is 20.8 Å². The number of nitrogens with one attached hydrogen (secondary N) is 1. The van der Waals surface area contributed by atoms with Gasteiger partial charge in [-0.15, -0.1) is 0 Å². The van der Waals surface area contributed by atoms with Crippen molar-refractivity contribution in [3.8, 4) is 0 Å². The van der Waals surface area contributed by atoms with Crippen LogP contribution < -0.4 is 5.32 Å². The van der Waals surface area contributed by atoms with Gasteiger partial charge in [0.1, 0.15) is 0 Å². The maximum Gasteiger partial charge on any atom is 0.0869 e. The third kappa shape index (κ3) is 4.89. The summed E-state index contributed by atoms with van der Waals surface area (Å²) in [5.74, 6) is 0. The Hall–Kier alpha value is -0.900. The van der Waals surface area contributed by atoms with Gasteiger partial charge in [0, 0.05) is 19.1 Å². The Kier molecular flexibility index (Phi) is 5.75. The van der Waals surface area contributed by atoms with Crippen molar-refractivity contribution in [2.75, 3.05) is 27.2 Å². The number of aliphatic hydroxyl groups is 1. The summed E-state index contributed by atoms with van der Waals surface area (Å²) in [5.41, 5.74) is 4.55. The molecule has 0 aliphatic rings. The van der Waals surface area contributed by atoms with Crippen molar-refractivity contribution in [1.82, 2.24) is 10.2 Å². The van der Waals surface area contributed by atoms with E-state index in [2.05, 4.69) is 45.1 Å². The number of likely N-dealkylation sites (N-methyl/N-ethyl adjacent to an activating group) is 1. The topological polar surface area (TPSA) is 35.5 Å². The molecule has 0 saturated carbocycles. The summed E-state index contributed by atoms with van der Waals surface area (Å²) in [5, 5.41) is 13.8. The van der Waals surface area contributed by atoms with E-state index in [-0.39, 0.29) is 6.04 Å². The molecule has 0 aliphatic carbocycles. The second kappa shape index (κ2) is 6.70. The molecule has 0 radical (unpaired) electrons. The predicted molar refractivity (Wildman–Crippen MR) is 86.2 cm³/mol. The van der Waals surface area contributed by atoms with E-state index >= 15 is 0 Å². The molecule has 2 N–H and O–H groups in total. The average molecular weight is 278 g/mol. The maximum atomic E-state index is 10.3. The Morgan fingerprint density at radius 1 is 1.15 bits per heavy atom. The lowest BCUT2D eigenvalue weighted by Gasteiger charge is -2.29. The highest BCUT2D eigenvalue weighted by Gasteiger charge is 2.22. The fourth-order valence-corrected chi connectivity index (χ4v) is 2.67. The highest BCUT2D eigenvalue weighted by molar-refractivity contribution is 5.38. The smallest absolute Gasteiger partial charge is 0.0869 e. The molecule has 0 saturated heterocycles. The summed E-state index contributed by atoms with van der Waals surface area (Å²) in [6, 6.07) is 4.73. The van der Waals surface area contributed by atoms with Crippen LogP contribution in [0.25, 0.3) is 0 Å². The Morgan fingerprint density at radius 2 is 1.70 bits per heavy atom. The van der Waals surface area contributed by atoms with E-state index in [0.29, 0.717) is 13.1 Å². The van der Waals surface area contributed by atoms with Crippen LogP contribution in [0.5, 0.6) is 0 Å². The highest BCUT2D eigenvalue weighted by Crippen LogP contribution is 2.22. The molecule has 20 heavy (non-hydrogen) atoms. The van der Waals surface area contributed by atoms with Crippen molar-refractivity contribution in [2.24, 2.45) is 0 Å². The van der Waals surface area contributed by atoms with Crippen LogP contribution >= 0.6 is 0 Å². The SMILES string of the molecule is Cc1cc(C)c(C(C)NCC(C)(O)CN(C)C)cc1C. The molecule has 1 aromatic carbocycles. The number of hydrogen-bond donors (Lipinski definition) is 2. The van der Waals surface area contributed by atoms with E-state index in [1.54, 1.807) is 0 Å². The van der Waals surface area contributed by atoms with Crippen molar-refractivity contribution in [1.29, 1.82) is 0 Å². The van der Waals surface area contributed by atoms with Crippen LogP contribution in [-0.4, -0.2) is 42.8 Å². The van der Waals surface area contributed by atoms with Crippen molar-refractivity contribution in [3.05, 3.63) is 34.4 Å². The van der Waals surface area contributed by atoms with E-state index < -0.39 is 5.60 Å². The molecule has 0 fully saturated rings. The molecular formula is C17H30N2O. The van der Waals surface area contributed by atoms with Crippen molar-refractivity contribution < 1.29 is 5.11 Å². The van der Waals surface area contributed by atoms with Crippen LogP contribution in [0.1, 0.15) is 42.1 Å². The lowest BCUT2D eigenvalue weighted by atomic mass is 9.96. The largest absolute Gasteiger partial charge is 0.388 e. The first-order valence-electron chi connectivity index (χ1n) is 7.30. The summed E-state index contributed by atoms with van der Waals surface area (Å²) < 4.78 is 0. The van der Waals surface area contributed by atoms with E-state index in [0.717, 1.165) is 0 Å². The molecule has 0 heterocycles. The molecular weight excluding hydrogens is 248 g/mol. The molecule has 3 heteroatoms. The lowest BCUT2D eigenvalue weighted by molar-refractivity contribution is 0.0317. The van der Waals surface area contributed by atoms with Gasteiger partial charge >= 0.3 is 0 Å². The first kappa shape index (κ1) is 17.2. The molecule has 0 aliphatic heterocycles. The first-order chi connectivity index (χ1) is 9.12. The molecule has 114 valence electrons. The molecule has 1 aromatic rings. The van der Waals surface area contributed by atoms with Crippen molar-refractivity contribution >= 4 is 0 Å². The minimum atomic E-state index is -0.717. The highest BCUT2D eigenvalue weighted by atomic mass is 16.3. The molecule has 0 aromatic heterocycles. The second-order valence-corrected chi connectivity index (χ2v) is 6.63. The van der Waals surface area contributed by atoms with Crippen LogP contribution in [0.4, 0.5) is 0 Å². The predicted octanol–water partition coefficient (Wildman–Crippen LogP) is 2.58. The summed E-state index contributed by atoms with van der Waals surface area (Å²) >= 11 is 0. The van der Waals surface area contributed by atoms with Gasteiger partial charge in [0.15, 0.2) is 0 Å². The Labute approximate surface area is 124 Å². The first-order valence-corrected chi connectivity index (χ1v) is 7.30. The van der Waals surface area contributed by atoms with Gasteiger partial charge < -0.3 is 15.3 Å². The number of aryl methyl sites for hydroxylation is 3. The standard InChI is InChI=1S/C17H30N2O/c1-12-8-14(3)16(9-13(12)2)15(4)18-10-17(5,20)11-19(6)7/h8-9,15,18,20H,10-11H2,1-7H3. The third-order valence-corrected chi connectivity index (χ3v) is 3.79. The molecule has 0 bridgehead atoms. The number of rotatable bonds is 6. The Balaban J connectivity index is 2.72. The maximum absolute atomic E-state index is 10.3. The van der Waals surface area contributed by atoms with Crippen LogP contribution in [0.2, 0.25) is 0 Å². The number of nitrogens with zero attached hydrogens (tertiary/aromatic N) is 1. The van der Waals surface area contributed by atoms with Crippen molar-refractivity contribution in [2.45, 2.75) is 46.3 Å². The van der Waals surface area contributed by atoms with Crippen LogP contribution in [0.3, 0.4) is 0 Å². The van der Waals surface area contributed by atoms with Gasteiger partial charge in [-0.3, -0.25) is 0 Å².